The standard InChI is InChI=1S/C21H21N3O3/c1-27-21-14-19(23-10-3-2-4-11-23)9-8-17(21)12-18(15-22)16-6-5-7-20(13-16)24(25)26/h5-9,12-14H,2-4,10-11H2,1H3/b18-12-. The summed E-state index contributed by atoms with van der Waals surface area (Å²) in [4.78, 5) is 12.9. The van der Waals surface area contributed by atoms with Crippen LogP contribution < -0.4 is 9.64 Å². The highest BCUT2D eigenvalue weighted by Gasteiger charge is 2.14. The van der Waals surface area contributed by atoms with Crippen molar-refractivity contribution in [1.29, 1.82) is 5.26 Å². The quantitative estimate of drug-likeness (QED) is 0.334. The van der Waals surface area contributed by atoms with Crippen LogP contribution in [0, 0.1) is 21.4 Å². The van der Waals surface area contributed by atoms with Gasteiger partial charge in [-0.2, -0.15) is 5.26 Å². The molecule has 6 nitrogen and oxygen atoms in total. The first-order valence-corrected chi connectivity index (χ1v) is 8.92. The second-order valence-corrected chi connectivity index (χ2v) is 6.45. The molecule has 0 aromatic heterocycles. The Labute approximate surface area is 158 Å². The molecular formula is C21H21N3O3. The van der Waals surface area contributed by atoms with Gasteiger partial charge in [0.25, 0.3) is 5.69 Å². The summed E-state index contributed by atoms with van der Waals surface area (Å²) in [7, 11) is 1.60. The summed E-state index contributed by atoms with van der Waals surface area (Å²) in [5.41, 5.74) is 2.69. The van der Waals surface area contributed by atoms with Gasteiger partial charge in [0, 0.05) is 42.5 Å². The molecule has 3 rings (SSSR count). The van der Waals surface area contributed by atoms with Gasteiger partial charge in [0.1, 0.15) is 5.75 Å². The zero-order valence-electron chi connectivity index (χ0n) is 15.2. The normalized spacial score (nSPS) is 14.5. The first-order chi connectivity index (χ1) is 13.1. The summed E-state index contributed by atoms with van der Waals surface area (Å²) >= 11 is 0. The number of methoxy groups -OCH3 is 1. The van der Waals surface area contributed by atoms with E-state index in [4.69, 9.17) is 4.74 Å². The molecule has 0 radical (unpaired) electrons. The van der Waals surface area contributed by atoms with Gasteiger partial charge in [-0.15, -0.1) is 0 Å². The predicted octanol–water partition coefficient (Wildman–Crippen LogP) is 4.66. The molecule has 1 heterocycles. The number of anilines is 1. The van der Waals surface area contributed by atoms with Crippen molar-refractivity contribution in [3.63, 3.8) is 0 Å². The van der Waals surface area contributed by atoms with Crippen molar-refractivity contribution in [3.05, 3.63) is 63.7 Å². The number of nitriles is 1. The average Bonchev–Trinajstić information content (AvgIpc) is 2.72. The van der Waals surface area contributed by atoms with Gasteiger partial charge in [0.15, 0.2) is 0 Å². The number of non-ortho nitro benzene ring substituents is 1. The lowest BCUT2D eigenvalue weighted by Crippen LogP contribution is -2.29. The third kappa shape index (κ3) is 4.26. The number of rotatable bonds is 5. The third-order valence-corrected chi connectivity index (χ3v) is 4.73. The first-order valence-electron chi connectivity index (χ1n) is 8.92. The van der Waals surface area contributed by atoms with Gasteiger partial charge in [-0.05, 0) is 43.0 Å². The lowest BCUT2D eigenvalue weighted by Gasteiger charge is -2.29. The molecule has 0 atom stereocenters. The lowest BCUT2D eigenvalue weighted by molar-refractivity contribution is -0.384. The van der Waals surface area contributed by atoms with Crippen molar-refractivity contribution in [3.8, 4) is 11.8 Å². The lowest BCUT2D eigenvalue weighted by atomic mass is 10.0. The van der Waals surface area contributed by atoms with Crippen LogP contribution in [0.15, 0.2) is 42.5 Å². The van der Waals surface area contributed by atoms with Crippen LogP contribution in [0.1, 0.15) is 30.4 Å². The van der Waals surface area contributed by atoms with Crippen molar-refractivity contribution in [2.75, 3.05) is 25.1 Å². The molecule has 138 valence electrons. The molecule has 2 aromatic carbocycles. The molecule has 1 aliphatic rings. The smallest absolute Gasteiger partial charge is 0.270 e. The molecular weight excluding hydrogens is 342 g/mol. The van der Waals surface area contributed by atoms with E-state index in [1.807, 2.05) is 18.2 Å². The monoisotopic (exact) mass is 363 g/mol. The number of nitrogens with zero attached hydrogens (tertiary/aromatic N) is 3. The van der Waals surface area contributed by atoms with Gasteiger partial charge in [-0.25, -0.2) is 0 Å². The molecule has 0 saturated carbocycles. The highest BCUT2D eigenvalue weighted by molar-refractivity contribution is 5.91. The Balaban J connectivity index is 1.95. The van der Waals surface area contributed by atoms with Gasteiger partial charge in [0.2, 0.25) is 0 Å². The van der Waals surface area contributed by atoms with E-state index in [2.05, 4.69) is 11.0 Å². The maximum atomic E-state index is 11.0. The van der Waals surface area contributed by atoms with Crippen molar-refractivity contribution in [1.82, 2.24) is 0 Å². The van der Waals surface area contributed by atoms with E-state index in [9.17, 15) is 15.4 Å². The van der Waals surface area contributed by atoms with Crippen molar-refractivity contribution in [2.45, 2.75) is 19.3 Å². The minimum absolute atomic E-state index is 0.0407. The number of allylic oxidation sites excluding steroid dienone is 1. The molecule has 0 aliphatic carbocycles. The number of nitro benzene ring substituents is 1. The fourth-order valence-electron chi connectivity index (χ4n) is 3.29. The third-order valence-electron chi connectivity index (χ3n) is 4.73. The van der Waals surface area contributed by atoms with E-state index in [1.54, 1.807) is 25.3 Å². The molecule has 0 bridgehead atoms. The molecule has 0 N–H and O–H groups in total. The second kappa shape index (κ2) is 8.37. The molecule has 1 aliphatic heterocycles. The Morgan fingerprint density at radius 2 is 2.00 bits per heavy atom. The zero-order chi connectivity index (χ0) is 19.2. The molecule has 0 unspecified atom stereocenters. The maximum absolute atomic E-state index is 11.0. The van der Waals surface area contributed by atoms with Crippen LogP contribution in [0.3, 0.4) is 0 Å². The van der Waals surface area contributed by atoms with Gasteiger partial charge < -0.3 is 9.64 Å². The highest BCUT2D eigenvalue weighted by atomic mass is 16.6. The molecule has 2 aromatic rings. The largest absolute Gasteiger partial charge is 0.496 e. The molecule has 6 heteroatoms. The van der Waals surface area contributed by atoms with Crippen LogP contribution in [-0.2, 0) is 0 Å². The Kier molecular flexibility index (Phi) is 5.72. The second-order valence-electron chi connectivity index (χ2n) is 6.45. The van der Waals surface area contributed by atoms with Gasteiger partial charge in [0.05, 0.1) is 23.7 Å². The van der Waals surface area contributed by atoms with E-state index >= 15 is 0 Å². The van der Waals surface area contributed by atoms with Crippen LogP contribution in [0.2, 0.25) is 0 Å². The van der Waals surface area contributed by atoms with E-state index in [1.165, 1.54) is 31.4 Å². The van der Waals surface area contributed by atoms with Gasteiger partial charge in [-0.3, -0.25) is 10.1 Å². The van der Waals surface area contributed by atoms with Crippen LogP contribution in [0.4, 0.5) is 11.4 Å². The first kappa shape index (κ1) is 18.5. The Morgan fingerprint density at radius 1 is 1.22 bits per heavy atom. The molecule has 0 spiro atoms. The summed E-state index contributed by atoms with van der Waals surface area (Å²) in [5, 5.41) is 20.5. The van der Waals surface area contributed by atoms with Crippen LogP contribution in [-0.4, -0.2) is 25.1 Å². The van der Waals surface area contributed by atoms with Crippen molar-refractivity contribution >= 4 is 23.0 Å². The zero-order valence-corrected chi connectivity index (χ0v) is 15.2. The van der Waals surface area contributed by atoms with Crippen LogP contribution in [0.5, 0.6) is 5.75 Å². The fourth-order valence-corrected chi connectivity index (χ4v) is 3.29. The number of hydrogen-bond acceptors (Lipinski definition) is 5. The number of piperidine rings is 1. The Morgan fingerprint density at radius 3 is 2.67 bits per heavy atom. The Bertz CT molecular complexity index is 909. The van der Waals surface area contributed by atoms with E-state index in [-0.39, 0.29) is 5.69 Å². The summed E-state index contributed by atoms with van der Waals surface area (Å²) in [5.74, 6) is 0.677. The fraction of sp³-hybridized carbons (Fsp3) is 0.286. The molecule has 0 amide bonds. The summed E-state index contributed by atoms with van der Waals surface area (Å²) in [6.45, 7) is 2.07. The van der Waals surface area contributed by atoms with Gasteiger partial charge >= 0.3 is 0 Å². The van der Waals surface area contributed by atoms with E-state index in [0.29, 0.717) is 16.9 Å². The minimum atomic E-state index is -0.466. The maximum Gasteiger partial charge on any atom is 0.270 e. The number of nitro groups is 1. The Hall–Kier alpha value is -3.33. The summed E-state index contributed by atoms with van der Waals surface area (Å²) < 4.78 is 5.53. The van der Waals surface area contributed by atoms with Crippen LogP contribution >= 0.6 is 0 Å². The van der Waals surface area contributed by atoms with Crippen LogP contribution in [0.25, 0.3) is 11.6 Å². The van der Waals surface area contributed by atoms with Crippen molar-refractivity contribution in [2.24, 2.45) is 0 Å². The number of ether oxygens (including phenoxy) is 1. The van der Waals surface area contributed by atoms with Gasteiger partial charge in [-0.1, -0.05) is 12.1 Å². The summed E-state index contributed by atoms with van der Waals surface area (Å²) in [6.07, 6.45) is 5.35. The summed E-state index contributed by atoms with van der Waals surface area (Å²) in [6, 6.07) is 14.2. The molecule has 1 fully saturated rings. The van der Waals surface area contributed by atoms with E-state index < -0.39 is 4.92 Å². The predicted molar refractivity (Wildman–Crippen MR) is 106 cm³/mol. The molecule has 27 heavy (non-hydrogen) atoms. The van der Waals surface area contributed by atoms with Crippen molar-refractivity contribution < 1.29 is 9.66 Å². The molecule has 1 saturated heterocycles. The highest BCUT2D eigenvalue weighted by Crippen LogP contribution is 2.31. The number of benzene rings is 2. The van der Waals surface area contributed by atoms with E-state index in [0.717, 1.165) is 24.3 Å². The topological polar surface area (TPSA) is 79.4 Å². The minimum Gasteiger partial charge on any atom is -0.496 e. The number of hydrogen-bond donors (Lipinski definition) is 0. The average molecular weight is 363 g/mol. The SMILES string of the molecule is COc1cc(N2CCCCC2)ccc1/C=C(/C#N)c1cccc([N+](=O)[O-])c1.